The smallest absolute Gasteiger partial charge is 0.0945 e. The normalized spacial score (nSPS) is 15.4. The van der Waals surface area contributed by atoms with Crippen molar-refractivity contribution < 1.29 is 4.21 Å². The molecule has 2 atom stereocenters. The van der Waals surface area contributed by atoms with Crippen molar-refractivity contribution in [1.29, 1.82) is 5.26 Å². The van der Waals surface area contributed by atoms with Gasteiger partial charge in [0.25, 0.3) is 0 Å². The number of hydrogen-bond donors (Lipinski definition) is 1. The summed E-state index contributed by atoms with van der Waals surface area (Å²) in [6.45, 7) is 3.75. The van der Waals surface area contributed by atoms with Crippen LogP contribution in [0.25, 0.3) is 0 Å². The summed E-state index contributed by atoms with van der Waals surface area (Å²) in [5.74, 6) is 0.124. The predicted octanol–water partition coefficient (Wildman–Crippen LogP) is 2.54. The third kappa shape index (κ3) is 3.41. The van der Waals surface area contributed by atoms with Gasteiger partial charge in [-0.2, -0.15) is 16.6 Å². The van der Waals surface area contributed by atoms with E-state index in [4.69, 9.17) is 10.4 Å². The second-order valence-electron chi connectivity index (χ2n) is 4.38. The van der Waals surface area contributed by atoms with E-state index >= 15 is 0 Å². The van der Waals surface area contributed by atoms with Gasteiger partial charge in [0.2, 0.25) is 0 Å². The first-order chi connectivity index (χ1) is 7.47. The number of nitriles is 1. The zero-order valence-corrected chi connectivity index (χ0v) is 11.1. The third-order valence-corrected chi connectivity index (χ3v) is 4.59. The van der Waals surface area contributed by atoms with Crippen LogP contribution in [0.4, 0.5) is 0 Å². The molecule has 1 aromatic heterocycles. The van der Waals surface area contributed by atoms with E-state index in [0.717, 1.165) is 5.56 Å². The summed E-state index contributed by atoms with van der Waals surface area (Å²) < 4.78 is 10.9. The molecule has 88 valence electrons. The Hall–Kier alpha value is -0.700. The summed E-state index contributed by atoms with van der Waals surface area (Å²) >= 11 is 1.61. The van der Waals surface area contributed by atoms with Crippen LogP contribution >= 0.6 is 11.3 Å². The molecule has 0 aliphatic rings. The average Bonchev–Trinajstić information content (AvgIpc) is 2.69. The van der Waals surface area contributed by atoms with E-state index in [1.165, 1.54) is 0 Å². The lowest BCUT2D eigenvalue weighted by Gasteiger charge is -2.25. The van der Waals surface area contributed by atoms with E-state index in [9.17, 15) is 4.21 Å². The number of nitrogens with zero attached hydrogens (tertiary/aromatic N) is 1. The van der Waals surface area contributed by atoms with Crippen LogP contribution < -0.4 is 5.14 Å². The zero-order chi connectivity index (χ0) is 12.2. The minimum absolute atomic E-state index is 0.124. The molecule has 0 aromatic carbocycles. The van der Waals surface area contributed by atoms with Gasteiger partial charge in [0.1, 0.15) is 0 Å². The van der Waals surface area contributed by atoms with Gasteiger partial charge in [-0.1, -0.05) is 0 Å². The van der Waals surface area contributed by atoms with E-state index < -0.39 is 15.7 Å². The number of nitrogens with two attached hydrogens (primary N) is 1. The van der Waals surface area contributed by atoms with Crippen molar-refractivity contribution >= 4 is 22.3 Å². The maximum absolute atomic E-state index is 11.4. The standard InChI is InChI=1S/C11H16N2OS2/c1-11(2,16(13)14)7-9(3-5-12)10-4-6-15-8-10/h4,6,8-9H,3,7,13H2,1-2H3/t9-,16?/m0/s1. The van der Waals surface area contributed by atoms with E-state index in [1.807, 2.05) is 30.7 Å². The summed E-state index contributed by atoms with van der Waals surface area (Å²) in [7, 11) is -1.37. The van der Waals surface area contributed by atoms with Gasteiger partial charge in [-0.3, -0.25) is 5.14 Å². The SMILES string of the molecule is CC(C)(C[C@H](CC#N)c1ccsc1)S(N)=O. The largest absolute Gasteiger partial charge is 0.251 e. The topological polar surface area (TPSA) is 66.9 Å². The lowest BCUT2D eigenvalue weighted by atomic mass is 9.89. The number of rotatable bonds is 5. The molecule has 1 rings (SSSR count). The van der Waals surface area contributed by atoms with Crippen LogP contribution in [-0.2, 0) is 11.0 Å². The van der Waals surface area contributed by atoms with Gasteiger partial charge in [0.15, 0.2) is 0 Å². The molecule has 2 N–H and O–H groups in total. The molecule has 0 bridgehead atoms. The first-order valence-corrected chi connectivity index (χ1v) is 7.18. The summed E-state index contributed by atoms with van der Waals surface area (Å²) in [6, 6.07) is 4.20. The molecule has 0 aliphatic carbocycles. The van der Waals surface area contributed by atoms with Crippen LogP contribution in [0.2, 0.25) is 0 Å². The summed E-state index contributed by atoms with van der Waals surface area (Å²) in [4.78, 5) is 0. The van der Waals surface area contributed by atoms with E-state index in [-0.39, 0.29) is 5.92 Å². The minimum atomic E-state index is -1.37. The van der Waals surface area contributed by atoms with Crippen LogP contribution in [-0.4, -0.2) is 8.96 Å². The Balaban J connectivity index is 2.82. The second-order valence-corrected chi connectivity index (χ2v) is 6.86. The lowest BCUT2D eigenvalue weighted by molar-refractivity contribution is 0.523. The van der Waals surface area contributed by atoms with Crippen molar-refractivity contribution in [2.24, 2.45) is 5.14 Å². The van der Waals surface area contributed by atoms with E-state index in [1.54, 1.807) is 11.3 Å². The molecule has 1 aromatic rings. The van der Waals surface area contributed by atoms with Crippen molar-refractivity contribution in [2.45, 2.75) is 37.4 Å². The quantitative estimate of drug-likeness (QED) is 0.879. The van der Waals surface area contributed by atoms with Crippen molar-refractivity contribution in [3.63, 3.8) is 0 Å². The molecule has 0 saturated heterocycles. The summed E-state index contributed by atoms with van der Waals surface area (Å²) in [5, 5.41) is 18.3. The first-order valence-electron chi connectivity index (χ1n) is 5.02. The fraction of sp³-hybridized carbons (Fsp3) is 0.545. The highest BCUT2D eigenvalue weighted by Gasteiger charge is 2.28. The molecule has 0 fully saturated rings. The third-order valence-electron chi connectivity index (χ3n) is 2.63. The van der Waals surface area contributed by atoms with Crippen LogP contribution in [0.1, 0.15) is 38.2 Å². The maximum atomic E-state index is 11.4. The van der Waals surface area contributed by atoms with Gasteiger partial charge in [-0.25, -0.2) is 4.21 Å². The van der Waals surface area contributed by atoms with Gasteiger partial charge in [0.05, 0.1) is 21.8 Å². The highest BCUT2D eigenvalue weighted by molar-refractivity contribution is 7.84. The van der Waals surface area contributed by atoms with Gasteiger partial charge in [0, 0.05) is 6.42 Å². The Morgan fingerprint density at radius 3 is 2.81 bits per heavy atom. The molecule has 0 spiro atoms. The molecule has 0 amide bonds. The maximum Gasteiger partial charge on any atom is 0.0945 e. The fourth-order valence-electron chi connectivity index (χ4n) is 1.60. The van der Waals surface area contributed by atoms with E-state index in [2.05, 4.69) is 6.07 Å². The summed E-state index contributed by atoms with van der Waals surface area (Å²) in [6.07, 6.45) is 1.11. The Bertz CT molecular complexity index is 393. The van der Waals surface area contributed by atoms with Crippen LogP contribution in [0, 0.1) is 11.3 Å². The minimum Gasteiger partial charge on any atom is -0.251 e. The molecule has 5 heteroatoms. The van der Waals surface area contributed by atoms with Crippen molar-refractivity contribution in [3.05, 3.63) is 22.4 Å². The van der Waals surface area contributed by atoms with Crippen molar-refractivity contribution in [2.75, 3.05) is 0 Å². The molecular formula is C11H16N2OS2. The predicted molar refractivity (Wildman–Crippen MR) is 68.3 cm³/mol. The van der Waals surface area contributed by atoms with Gasteiger partial charge < -0.3 is 0 Å². The average molecular weight is 256 g/mol. The van der Waals surface area contributed by atoms with Crippen LogP contribution in [0.3, 0.4) is 0 Å². The highest BCUT2D eigenvalue weighted by Crippen LogP contribution is 2.32. The Labute approximate surface area is 103 Å². The molecule has 1 heterocycles. The van der Waals surface area contributed by atoms with Gasteiger partial charge in [-0.15, -0.1) is 0 Å². The second kappa shape index (κ2) is 5.58. The molecule has 0 saturated carbocycles. The molecule has 0 aliphatic heterocycles. The molecular weight excluding hydrogens is 240 g/mol. The molecule has 0 radical (unpaired) electrons. The lowest BCUT2D eigenvalue weighted by Crippen LogP contribution is -2.33. The summed E-state index contributed by atoms with van der Waals surface area (Å²) in [5.41, 5.74) is 1.14. The Morgan fingerprint density at radius 2 is 2.38 bits per heavy atom. The molecule has 3 nitrogen and oxygen atoms in total. The molecule has 1 unspecified atom stereocenters. The van der Waals surface area contributed by atoms with E-state index in [0.29, 0.717) is 12.8 Å². The monoisotopic (exact) mass is 256 g/mol. The molecule has 16 heavy (non-hydrogen) atoms. The Morgan fingerprint density at radius 1 is 1.69 bits per heavy atom. The number of hydrogen-bond acceptors (Lipinski definition) is 3. The fourth-order valence-corrected chi connectivity index (χ4v) is 2.71. The van der Waals surface area contributed by atoms with Gasteiger partial charge in [-0.05, 0) is 48.6 Å². The van der Waals surface area contributed by atoms with Gasteiger partial charge >= 0.3 is 0 Å². The van der Waals surface area contributed by atoms with Crippen LogP contribution in [0.15, 0.2) is 16.8 Å². The first kappa shape index (κ1) is 13.4. The van der Waals surface area contributed by atoms with Crippen LogP contribution in [0.5, 0.6) is 0 Å². The highest BCUT2D eigenvalue weighted by atomic mass is 32.2. The zero-order valence-electron chi connectivity index (χ0n) is 9.47. The number of thiophene rings is 1. The Kier molecular flexibility index (Phi) is 4.66. The van der Waals surface area contributed by atoms with Crippen molar-refractivity contribution in [3.8, 4) is 6.07 Å². The van der Waals surface area contributed by atoms with Crippen molar-refractivity contribution in [1.82, 2.24) is 0 Å².